The normalized spacial score (nSPS) is 10.4. The lowest BCUT2D eigenvalue weighted by atomic mass is 10.1. The number of aryl methyl sites for hydroxylation is 1. The maximum absolute atomic E-state index is 14.0. The number of benzene rings is 2. The van der Waals surface area contributed by atoms with Gasteiger partial charge < -0.3 is 4.90 Å². The Balaban J connectivity index is 2.40. The predicted molar refractivity (Wildman–Crippen MR) is 75.2 cm³/mol. The molecule has 1 nitrogen and oxygen atoms in total. The van der Waals surface area contributed by atoms with Crippen LogP contribution in [0.5, 0.6) is 0 Å². The van der Waals surface area contributed by atoms with Crippen LogP contribution in [0.1, 0.15) is 11.1 Å². The summed E-state index contributed by atoms with van der Waals surface area (Å²) >= 11 is 5.69. The first-order valence-corrected chi connectivity index (χ1v) is 6.30. The van der Waals surface area contributed by atoms with Gasteiger partial charge in [-0.1, -0.05) is 24.3 Å². The number of hydrogen-bond acceptors (Lipinski definition) is 1. The summed E-state index contributed by atoms with van der Waals surface area (Å²) in [5.74, 6) is 0.0737. The summed E-state index contributed by atoms with van der Waals surface area (Å²) in [5.41, 5.74) is 3.45. The fourth-order valence-corrected chi connectivity index (χ4v) is 2.14. The van der Waals surface area contributed by atoms with E-state index in [1.165, 1.54) is 6.07 Å². The van der Waals surface area contributed by atoms with E-state index < -0.39 is 0 Å². The van der Waals surface area contributed by atoms with Gasteiger partial charge in [-0.25, -0.2) is 4.39 Å². The Hall–Kier alpha value is -1.54. The van der Waals surface area contributed by atoms with Crippen molar-refractivity contribution in [1.29, 1.82) is 0 Å². The molecule has 0 spiro atoms. The van der Waals surface area contributed by atoms with Crippen LogP contribution in [0, 0.1) is 12.7 Å². The second-order valence-corrected chi connectivity index (χ2v) is 4.53. The van der Waals surface area contributed by atoms with Crippen LogP contribution in [0.25, 0.3) is 0 Å². The third kappa shape index (κ3) is 2.49. The summed E-state index contributed by atoms with van der Waals surface area (Å²) in [6.07, 6.45) is 0. The van der Waals surface area contributed by atoms with Gasteiger partial charge in [-0.3, -0.25) is 0 Å². The first kappa shape index (κ1) is 12.9. The van der Waals surface area contributed by atoms with Gasteiger partial charge in [0.2, 0.25) is 0 Å². The molecule has 0 atom stereocenters. The molecule has 0 saturated heterocycles. The molecule has 0 heterocycles. The SMILES string of the molecule is Cc1ccccc1N(C)c1ccc(CCl)cc1F. The fraction of sp³-hybridized carbons (Fsp3) is 0.200. The number of para-hydroxylation sites is 1. The largest absolute Gasteiger partial charge is 0.342 e. The molecule has 0 aliphatic rings. The van der Waals surface area contributed by atoms with Gasteiger partial charge in [0.1, 0.15) is 5.82 Å². The van der Waals surface area contributed by atoms with Crippen LogP contribution < -0.4 is 4.90 Å². The molecule has 0 N–H and O–H groups in total. The Morgan fingerprint density at radius 1 is 1.11 bits per heavy atom. The van der Waals surface area contributed by atoms with Gasteiger partial charge in [0.25, 0.3) is 0 Å². The molecule has 2 rings (SSSR count). The van der Waals surface area contributed by atoms with Gasteiger partial charge >= 0.3 is 0 Å². The van der Waals surface area contributed by atoms with Gasteiger partial charge in [-0.2, -0.15) is 0 Å². The molecule has 18 heavy (non-hydrogen) atoms. The van der Waals surface area contributed by atoms with E-state index in [4.69, 9.17) is 11.6 Å². The minimum Gasteiger partial charge on any atom is -0.342 e. The van der Waals surface area contributed by atoms with Gasteiger partial charge in [-0.05, 0) is 36.2 Å². The van der Waals surface area contributed by atoms with Crippen molar-refractivity contribution < 1.29 is 4.39 Å². The lowest BCUT2D eigenvalue weighted by Gasteiger charge is -2.22. The Bertz CT molecular complexity index is 554. The van der Waals surface area contributed by atoms with Crippen molar-refractivity contribution in [3.63, 3.8) is 0 Å². The molecule has 2 aromatic rings. The van der Waals surface area contributed by atoms with E-state index >= 15 is 0 Å². The monoisotopic (exact) mass is 263 g/mol. The molecular formula is C15H15ClFN. The highest BCUT2D eigenvalue weighted by Gasteiger charge is 2.11. The summed E-state index contributed by atoms with van der Waals surface area (Å²) in [5, 5.41) is 0. The second kappa shape index (κ2) is 5.40. The molecule has 0 radical (unpaired) electrons. The maximum Gasteiger partial charge on any atom is 0.147 e. The molecule has 0 aliphatic carbocycles. The lowest BCUT2D eigenvalue weighted by molar-refractivity contribution is 0.626. The lowest BCUT2D eigenvalue weighted by Crippen LogP contribution is -2.12. The van der Waals surface area contributed by atoms with Gasteiger partial charge in [0.05, 0.1) is 5.69 Å². The van der Waals surface area contributed by atoms with Crippen molar-refractivity contribution in [2.75, 3.05) is 11.9 Å². The molecule has 0 bridgehead atoms. The molecule has 0 aliphatic heterocycles. The first-order chi connectivity index (χ1) is 8.63. The smallest absolute Gasteiger partial charge is 0.147 e. The second-order valence-electron chi connectivity index (χ2n) is 4.26. The molecular weight excluding hydrogens is 249 g/mol. The topological polar surface area (TPSA) is 3.24 Å². The zero-order valence-corrected chi connectivity index (χ0v) is 11.2. The van der Waals surface area contributed by atoms with E-state index in [0.717, 1.165) is 16.8 Å². The quantitative estimate of drug-likeness (QED) is 0.729. The summed E-state index contributed by atoms with van der Waals surface area (Å²) in [6, 6.07) is 13.0. The van der Waals surface area contributed by atoms with E-state index in [1.807, 2.05) is 49.2 Å². The van der Waals surface area contributed by atoms with E-state index in [9.17, 15) is 4.39 Å². The third-order valence-corrected chi connectivity index (χ3v) is 3.31. The number of hydrogen-bond donors (Lipinski definition) is 0. The summed E-state index contributed by atoms with van der Waals surface area (Å²) in [4.78, 5) is 1.85. The van der Waals surface area contributed by atoms with Crippen molar-refractivity contribution in [2.24, 2.45) is 0 Å². The van der Waals surface area contributed by atoms with Crippen molar-refractivity contribution in [1.82, 2.24) is 0 Å². The fourth-order valence-electron chi connectivity index (χ4n) is 1.98. The highest BCUT2D eigenvalue weighted by Crippen LogP contribution is 2.29. The molecule has 0 unspecified atom stereocenters. The highest BCUT2D eigenvalue weighted by atomic mass is 35.5. The minimum atomic E-state index is -0.251. The van der Waals surface area contributed by atoms with Crippen molar-refractivity contribution in [3.05, 3.63) is 59.4 Å². The van der Waals surface area contributed by atoms with Gasteiger partial charge in [-0.15, -0.1) is 11.6 Å². The maximum atomic E-state index is 14.0. The molecule has 0 fully saturated rings. The molecule has 0 aromatic heterocycles. The molecule has 0 saturated carbocycles. The Kier molecular flexibility index (Phi) is 3.87. The zero-order valence-electron chi connectivity index (χ0n) is 10.5. The van der Waals surface area contributed by atoms with Crippen molar-refractivity contribution in [2.45, 2.75) is 12.8 Å². The number of rotatable bonds is 3. The first-order valence-electron chi connectivity index (χ1n) is 5.77. The minimum absolute atomic E-state index is 0.251. The third-order valence-electron chi connectivity index (χ3n) is 3.00. The molecule has 2 aromatic carbocycles. The van der Waals surface area contributed by atoms with Gasteiger partial charge in [0.15, 0.2) is 0 Å². The summed E-state index contributed by atoms with van der Waals surface area (Å²) in [7, 11) is 1.86. The number of alkyl halides is 1. The Labute approximate surface area is 112 Å². The molecule has 94 valence electrons. The standard InChI is InChI=1S/C15H15ClFN/c1-11-5-3-4-6-14(11)18(2)15-8-7-12(10-16)9-13(15)17/h3-9H,10H2,1-2H3. The van der Waals surface area contributed by atoms with E-state index in [1.54, 1.807) is 6.07 Å². The average molecular weight is 264 g/mol. The molecule has 0 amide bonds. The van der Waals surface area contributed by atoms with Gasteiger partial charge in [0, 0.05) is 18.6 Å². The number of anilines is 2. The van der Waals surface area contributed by atoms with Crippen LogP contribution in [0.2, 0.25) is 0 Å². The summed E-state index contributed by atoms with van der Waals surface area (Å²) in [6.45, 7) is 2.01. The highest BCUT2D eigenvalue weighted by molar-refractivity contribution is 6.17. The van der Waals surface area contributed by atoms with E-state index in [0.29, 0.717) is 11.6 Å². The average Bonchev–Trinajstić information content (AvgIpc) is 2.38. The van der Waals surface area contributed by atoms with Crippen LogP contribution in [0.3, 0.4) is 0 Å². The Morgan fingerprint density at radius 2 is 1.83 bits per heavy atom. The number of halogens is 2. The van der Waals surface area contributed by atoms with Crippen LogP contribution in [-0.4, -0.2) is 7.05 Å². The zero-order chi connectivity index (χ0) is 13.1. The molecule has 3 heteroatoms. The number of nitrogens with zero attached hydrogens (tertiary/aromatic N) is 1. The van der Waals surface area contributed by atoms with Crippen LogP contribution in [0.15, 0.2) is 42.5 Å². The Morgan fingerprint density at radius 3 is 2.44 bits per heavy atom. The van der Waals surface area contributed by atoms with Crippen LogP contribution in [0.4, 0.5) is 15.8 Å². The van der Waals surface area contributed by atoms with E-state index in [2.05, 4.69) is 0 Å². The van der Waals surface area contributed by atoms with Crippen LogP contribution >= 0.6 is 11.6 Å². The summed E-state index contributed by atoms with van der Waals surface area (Å²) < 4.78 is 14.0. The van der Waals surface area contributed by atoms with Crippen LogP contribution in [-0.2, 0) is 5.88 Å². The van der Waals surface area contributed by atoms with E-state index in [-0.39, 0.29) is 5.82 Å². The van der Waals surface area contributed by atoms with Crippen molar-refractivity contribution >= 4 is 23.0 Å². The predicted octanol–water partition coefficient (Wildman–Crippen LogP) is 4.64. The van der Waals surface area contributed by atoms with Crippen molar-refractivity contribution in [3.8, 4) is 0 Å².